The Balaban J connectivity index is 2.53. The minimum atomic E-state index is -0.730. The maximum absolute atomic E-state index is 11.8. The molecule has 5 heteroatoms. The number of carbonyl (C=O) groups excluding carboxylic acids is 2. The number of esters is 1. The van der Waals surface area contributed by atoms with Crippen molar-refractivity contribution in [2.45, 2.75) is 25.4 Å². The highest BCUT2D eigenvalue weighted by Gasteiger charge is 2.18. The van der Waals surface area contributed by atoms with Crippen LogP contribution in [0.25, 0.3) is 0 Å². The zero-order valence-electron chi connectivity index (χ0n) is 10.6. The molecule has 0 heterocycles. The first kappa shape index (κ1) is 14.2. The van der Waals surface area contributed by atoms with Crippen LogP contribution in [0.15, 0.2) is 30.3 Å². The monoisotopic (exact) mass is 250 g/mol. The van der Waals surface area contributed by atoms with Crippen LogP contribution < -0.4 is 11.1 Å². The van der Waals surface area contributed by atoms with Crippen molar-refractivity contribution < 1.29 is 14.3 Å². The summed E-state index contributed by atoms with van der Waals surface area (Å²) in [5.74, 6) is -0.673. The Bertz CT molecular complexity index is 406. The van der Waals surface area contributed by atoms with Crippen LogP contribution in [0, 0.1) is 0 Å². The Morgan fingerprint density at radius 2 is 1.94 bits per heavy atom. The molecule has 5 nitrogen and oxygen atoms in total. The smallest absolute Gasteiger partial charge is 0.307 e. The molecule has 18 heavy (non-hydrogen) atoms. The van der Waals surface area contributed by atoms with Gasteiger partial charge < -0.3 is 15.8 Å². The van der Waals surface area contributed by atoms with E-state index in [-0.39, 0.29) is 24.3 Å². The molecule has 0 radical (unpaired) electrons. The quantitative estimate of drug-likeness (QED) is 0.756. The van der Waals surface area contributed by atoms with Crippen molar-refractivity contribution in [2.24, 2.45) is 5.73 Å². The van der Waals surface area contributed by atoms with Gasteiger partial charge in [0.2, 0.25) is 5.91 Å². The molecule has 0 bridgehead atoms. The molecule has 3 N–H and O–H groups in total. The normalized spacial score (nSPS) is 13.5. The molecule has 1 rings (SSSR count). The summed E-state index contributed by atoms with van der Waals surface area (Å²) in [6.07, 6.45) is 0.129. The average Bonchev–Trinajstić information content (AvgIpc) is 2.38. The van der Waals surface area contributed by atoms with Crippen molar-refractivity contribution in [2.75, 3.05) is 7.11 Å². The lowest BCUT2D eigenvalue weighted by Gasteiger charge is -2.16. The topological polar surface area (TPSA) is 81.4 Å². The van der Waals surface area contributed by atoms with Gasteiger partial charge >= 0.3 is 5.97 Å². The average molecular weight is 250 g/mol. The zero-order chi connectivity index (χ0) is 13.5. The van der Waals surface area contributed by atoms with E-state index in [4.69, 9.17) is 5.73 Å². The number of hydrogen-bond donors (Lipinski definition) is 2. The van der Waals surface area contributed by atoms with Crippen LogP contribution in [0.1, 0.15) is 24.9 Å². The maximum atomic E-state index is 11.8. The zero-order valence-corrected chi connectivity index (χ0v) is 10.6. The molecule has 1 amide bonds. The molecule has 2 unspecified atom stereocenters. The summed E-state index contributed by atoms with van der Waals surface area (Å²) >= 11 is 0. The van der Waals surface area contributed by atoms with Gasteiger partial charge in [-0.25, -0.2) is 0 Å². The highest BCUT2D eigenvalue weighted by Crippen LogP contribution is 2.09. The Morgan fingerprint density at radius 3 is 2.50 bits per heavy atom. The van der Waals surface area contributed by atoms with Gasteiger partial charge in [-0.2, -0.15) is 0 Å². The molecule has 0 aliphatic carbocycles. The van der Waals surface area contributed by atoms with Crippen molar-refractivity contribution in [1.82, 2.24) is 5.32 Å². The molecule has 98 valence electrons. The minimum absolute atomic E-state index is 0.129. The lowest BCUT2D eigenvalue weighted by Crippen LogP contribution is -2.40. The molecule has 1 aromatic carbocycles. The van der Waals surface area contributed by atoms with Crippen molar-refractivity contribution in [3.63, 3.8) is 0 Å². The number of ether oxygens (including phenoxy) is 1. The number of nitrogens with one attached hydrogen (secondary N) is 1. The van der Waals surface area contributed by atoms with Crippen molar-refractivity contribution >= 4 is 11.9 Å². The molecule has 2 atom stereocenters. The second kappa shape index (κ2) is 6.76. The first-order valence-electron chi connectivity index (χ1n) is 5.72. The van der Waals surface area contributed by atoms with E-state index in [9.17, 15) is 9.59 Å². The summed E-state index contributed by atoms with van der Waals surface area (Å²) in [5, 5.41) is 2.68. The molecular formula is C13H18N2O3. The fourth-order valence-electron chi connectivity index (χ4n) is 1.53. The number of carbonyl (C=O) groups is 2. The van der Waals surface area contributed by atoms with E-state index in [2.05, 4.69) is 10.1 Å². The molecule has 0 saturated heterocycles. The summed E-state index contributed by atoms with van der Waals surface area (Å²) in [5.41, 5.74) is 6.56. The van der Waals surface area contributed by atoms with E-state index in [0.29, 0.717) is 0 Å². The Labute approximate surface area is 106 Å². The lowest BCUT2D eigenvalue weighted by atomic mass is 10.1. The van der Waals surface area contributed by atoms with Gasteiger partial charge in [0.15, 0.2) is 0 Å². The van der Waals surface area contributed by atoms with E-state index < -0.39 is 6.04 Å². The van der Waals surface area contributed by atoms with Gasteiger partial charge in [-0.1, -0.05) is 30.3 Å². The van der Waals surface area contributed by atoms with Crippen LogP contribution in [-0.2, 0) is 14.3 Å². The van der Waals surface area contributed by atoms with Crippen molar-refractivity contribution in [3.05, 3.63) is 35.9 Å². The van der Waals surface area contributed by atoms with Crippen LogP contribution >= 0.6 is 0 Å². The van der Waals surface area contributed by atoms with Gasteiger partial charge in [0.1, 0.15) is 6.04 Å². The van der Waals surface area contributed by atoms with Crippen molar-refractivity contribution in [1.29, 1.82) is 0 Å². The number of methoxy groups -OCH3 is 1. The molecule has 1 aromatic rings. The fraction of sp³-hybridized carbons (Fsp3) is 0.385. The van der Waals surface area contributed by atoms with Gasteiger partial charge in [0.25, 0.3) is 0 Å². The second-order valence-electron chi connectivity index (χ2n) is 4.08. The number of nitrogens with two attached hydrogens (primary N) is 1. The molecule has 0 aliphatic heterocycles. The molecule has 0 spiro atoms. The third-order valence-corrected chi connectivity index (χ3v) is 2.53. The van der Waals surface area contributed by atoms with Crippen LogP contribution in [-0.4, -0.2) is 25.0 Å². The standard InChI is InChI=1S/C13H18N2O3/c1-9(8-11(16)18-2)15-13(17)12(14)10-6-4-3-5-7-10/h3-7,9,12H,8,14H2,1-2H3,(H,15,17). The van der Waals surface area contributed by atoms with E-state index >= 15 is 0 Å². The molecular weight excluding hydrogens is 232 g/mol. The van der Waals surface area contributed by atoms with Crippen LogP contribution in [0.3, 0.4) is 0 Å². The van der Waals surface area contributed by atoms with Crippen LogP contribution in [0.5, 0.6) is 0 Å². The number of hydrogen-bond acceptors (Lipinski definition) is 4. The Morgan fingerprint density at radius 1 is 1.33 bits per heavy atom. The number of amides is 1. The SMILES string of the molecule is COC(=O)CC(C)NC(=O)C(N)c1ccccc1. The third kappa shape index (κ3) is 4.18. The summed E-state index contributed by atoms with van der Waals surface area (Å²) < 4.78 is 4.53. The summed E-state index contributed by atoms with van der Waals surface area (Å²) in [4.78, 5) is 22.9. The molecule has 0 aliphatic rings. The van der Waals surface area contributed by atoms with Crippen molar-refractivity contribution in [3.8, 4) is 0 Å². The van der Waals surface area contributed by atoms with Gasteiger partial charge in [0.05, 0.1) is 13.5 Å². The second-order valence-corrected chi connectivity index (χ2v) is 4.08. The highest BCUT2D eigenvalue weighted by atomic mass is 16.5. The predicted octanol–water partition coefficient (Wildman–Crippen LogP) is 0.754. The van der Waals surface area contributed by atoms with Crippen LogP contribution in [0.2, 0.25) is 0 Å². The third-order valence-electron chi connectivity index (χ3n) is 2.53. The molecule has 0 saturated carbocycles. The lowest BCUT2D eigenvalue weighted by molar-refractivity contribution is -0.141. The Kier molecular flexibility index (Phi) is 5.32. The molecule has 0 aromatic heterocycles. The minimum Gasteiger partial charge on any atom is -0.469 e. The largest absolute Gasteiger partial charge is 0.469 e. The fourth-order valence-corrected chi connectivity index (χ4v) is 1.53. The van der Waals surface area contributed by atoms with E-state index in [1.807, 2.05) is 18.2 Å². The number of rotatable bonds is 5. The van der Waals surface area contributed by atoms with E-state index in [0.717, 1.165) is 5.56 Å². The summed E-state index contributed by atoms with van der Waals surface area (Å²) in [6, 6.07) is 8.03. The van der Waals surface area contributed by atoms with Gasteiger partial charge in [-0.15, -0.1) is 0 Å². The Hall–Kier alpha value is -1.88. The predicted molar refractivity (Wildman–Crippen MR) is 67.6 cm³/mol. The first-order chi connectivity index (χ1) is 8.54. The van der Waals surface area contributed by atoms with E-state index in [1.165, 1.54) is 7.11 Å². The maximum Gasteiger partial charge on any atom is 0.307 e. The van der Waals surface area contributed by atoms with Gasteiger partial charge in [0, 0.05) is 6.04 Å². The molecule has 0 fully saturated rings. The van der Waals surface area contributed by atoms with E-state index in [1.54, 1.807) is 19.1 Å². The first-order valence-corrected chi connectivity index (χ1v) is 5.72. The van der Waals surface area contributed by atoms with Gasteiger partial charge in [-0.3, -0.25) is 9.59 Å². The summed E-state index contributed by atoms with van der Waals surface area (Å²) in [7, 11) is 1.31. The highest BCUT2D eigenvalue weighted by molar-refractivity contribution is 5.83. The summed E-state index contributed by atoms with van der Waals surface area (Å²) in [6.45, 7) is 1.73. The van der Waals surface area contributed by atoms with Gasteiger partial charge in [-0.05, 0) is 12.5 Å². The van der Waals surface area contributed by atoms with Crippen LogP contribution in [0.4, 0.5) is 0 Å². The number of benzene rings is 1.